The number of carbonyl (C=O) groups is 1. The summed E-state index contributed by atoms with van der Waals surface area (Å²) < 4.78 is 13.2. The van der Waals surface area contributed by atoms with Crippen LogP contribution in [0, 0.1) is 22.9 Å². The average molecular weight is 232 g/mol. The fourth-order valence-electron chi connectivity index (χ4n) is 1.27. The second-order valence-corrected chi connectivity index (χ2v) is 3.15. The molecule has 0 radical (unpaired) electrons. The summed E-state index contributed by atoms with van der Waals surface area (Å²) in [4.78, 5) is 21.1. The van der Waals surface area contributed by atoms with E-state index in [1.807, 2.05) is 0 Å². The van der Waals surface area contributed by atoms with Crippen LogP contribution in [0.5, 0.6) is 0 Å². The summed E-state index contributed by atoms with van der Waals surface area (Å²) >= 11 is 5.28. The highest BCUT2D eigenvalue weighted by atomic mass is 35.5. The Bertz CT molecular complexity index is 434. The molecule has 0 aliphatic rings. The van der Waals surface area contributed by atoms with Crippen LogP contribution >= 0.6 is 11.6 Å². The largest absolute Gasteiger partial charge is 0.293 e. The molecule has 0 aromatic heterocycles. The zero-order chi connectivity index (χ0) is 11.6. The maximum Gasteiger partial charge on any atom is 0.273 e. The molecule has 0 unspecified atom stereocenters. The number of halogens is 2. The molecule has 1 aromatic carbocycles. The number of benzene rings is 1. The van der Waals surface area contributed by atoms with Crippen molar-refractivity contribution in [1.29, 1.82) is 0 Å². The van der Waals surface area contributed by atoms with Crippen molar-refractivity contribution < 1.29 is 14.1 Å². The Balaban J connectivity index is 3.43. The van der Waals surface area contributed by atoms with E-state index in [2.05, 4.69) is 0 Å². The Hall–Kier alpha value is -1.49. The molecule has 0 bridgehead atoms. The van der Waals surface area contributed by atoms with E-state index in [-0.39, 0.29) is 16.8 Å². The summed E-state index contributed by atoms with van der Waals surface area (Å²) in [5.41, 5.74) is -0.588. The minimum absolute atomic E-state index is 0.00523. The van der Waals surface area contributed by atoms with Crippen LogP contribution in [0.25, 0.3) is 0 Å². The highest BCUT2D eigenvalue weighted by Gasteiger charge is 2.21. The van der Waals surface area contributed by atoms with Crippen molar-refractivity contribution in [2.45, 2.75) is 6.92 Å². The highest BCUT2D eigenvalue weighted by molar-refractivity contribution is 6.30. The van der Waals surface area contributed by atoms with Crippen LogP contribution in [0.3, 0.4) is 0 Å². The van der Waals surface area contributed by atoms with Crippen molar-refractivity contribution in [2.75, 3.05) is 5.88 Å². The normalized spacial score (nSPS) is 10.1. The Morgan fingerprint density at radius 1 is 1.60 bits per heavy atom. The molecule has 0 heterocycles. The fraction of sp³-hybridized carbons (Fsp3) is 0.222. The number of rotatable bonds is 3. The van der Waals surface area contributed by atoms with Gasteiger partial charge in [-0.3, -0.25) is 14.9 Å². The van der Waals surface area contributed by atoms with Gasteiger partial charge < -0.3 is 0 Å². The van der Waals surface area contributed by atoms with Gasteiger partial charge in [0.05, 0.1) is 16.4 Å². The quantitative estimate of drug-likeness (QED) is 0.347. The van der Waals surface area contributed by atoms with Gasteiger partial charge in [0.2, 0.25) is 0 Å². The van der Waals surface area contributed by atoms with Gasteiger partial charge in [-0.05, 0) is 13.0 Å². The number of Topliss-reactive ketones (excluding diaryl/α,β-unsaturated/α-hetero) is 1. The molecule has 0 saturated heterocycles. The molecule has 1 aromatic rings. The first kappa shape index (κ1) is 11.6. The fourth-order valence-corrected chi connectivity index (χ4v) is 1.41. The van der Waals surface area contributed by atoms with Crippen molar-refractivity contribution in [3.63, 3.8) is 0 Å². The summed E-state index contributed by atoms with van der Waals surface area (Å²) in [6, 6.07) is 1.92. The molecular weight excluding hydrogens is 225 g/mol. The first-order valence-electron chi connectivity index (χ1n) is 4.01. The lowest BCUT2D eigenvalue weighted by molar-refractivity contribution is -0.385. The number of nitrogens with zero attached hydrogens (tertiary/aromatic N) is 1. The van der Waals surface area contributed by atoms with Gasteiger partial charge in [-0.1, -0.05) is 0 Å². The lowest BCUT2D eigenvalue weighted by Gasteiger charge is -2.04. The van der Waals surface area contributed by atoms with Crippen LogP contribution < -0.4 is 0 Å². The molecule has 0 spiro atoms. The molecular formula is C9H7ClFNO3. The summed E-state index contributed by atoms with van der Waals surface area (Å²) in [5, 5.41) is 10.5. The number of nitro benzene ring substituents is 1. The standard InChI is InChI=1S/C9H7ClFNO3/c1-5-7(12(14)15)3-2-6(11)9(5)8(13)4-10/h2-3H,4H2,1H3. The Labute approximate surface area is 89.8 Å². The molecule has 0 saturated carbocycles. The van der Waals surface area contributed by atoms with Crippen LogP contribution in [0.2, 0.25) is 0 Å². The van der Waals surface area contributed by atoms with Crippen LogP contribution in [-0.2, 0) is 0 Å². The Kier molecular flexibility index (Phi) is 3.36. The van der Waals surface area contributed by atoms with Crippen LogP contribution in [0.15, 0.2) is 12.1 Å². The molecule has 0 aliphatic heterocycles. The molecule has 80 valence electrons. The third-order valence-corrected chi connectivity index (χ3v) is 2.23. The second kappa shape index (κ2) is 4.35. The second-order valence-electron chi connectivity index (χ2n) is 2.88. The molecule has 0 aliphatic carbocycles. The number of hydrogen-bond donors (Lipinski definition) is 0. The van der Waals surface area contributed by atoms with E-state index < -0.39 is 22.4 Å². The minimum Gasteiger partial charge on any atom is -0.293 e. The number of alkyl halides is 1. The van der Waals surface area contributed by atoms with Crippen molar-refractivity contribution in [1.82, 2.24) is 0 Å². The number of carbonyl (C=O) groups excluding carboxylic acids is 1. The van der Waals surface area contributed by atoms with E-state index in [1.165, 1.54) is 6.92 Å². The maximum atomic E-state index is 13.2. The Morgan fingerprint density at radius 3 is 2.67 bits per heavy atom. The van der Waals surface area contributed by atoms with E-state index in [0.29, 0.717) is 0 Å². The van der Waals surface area contributed by atoms with E-state index in [4.69, 9.17) is 11.6 Å². The third kappa shape index (κ3) is 2.12. The predicted molar refractivity (Wildman–Crippen MR) is 52.8 cm³/mol. The lowest BCUT2D eigenvalue weighted by Crippen LogP contribution is -2.08. The van der Waals surface area contributed by atoms with Crippen molar-refractivity contribution >= 4 is 23.1 Å². The zero-order valence-electron chi connectivity index (χ0n) is 7.79. The third-order valence-electron chi connectivity index (χ3n) is 1.98. The van der Waals surface area contributed by atoms with E-state index in [0.717, 1.165) is 12.1 Å². The van der Waals surface area contributed by atoms with Gasteiger partial charge in [-0.2, -0.15) is 0 Å². The monoisotopic (exact) mass is 231 g/mol. The van der Waals surface area contributed by atoms with Gasteiger partial charge >= 0.3 is 0 Å². The van der Waals surface area contributed by atoms with E-state index in [1.54, 1.807) is 0 Å². The first-order chi connectivity index (χ1) is 6.99. The summed E-state index contributed by atoms with van der Waals surface area (Å²) in [6.45, 7) is 1.32. The SMILES string of the molecule is Cc1c([N+](=O)[O-])ccc(F)c1C(=O)CCl. The number of hydrogen-bond acceptors (Lipinski definition) is 3. The van der Waals surface area contributed by atoms with Crippen molar-refractivity contribution in [3.05, 3.63) is 39.2 Å². The summed E-state index contributed by atoms with van der Waals surface area (Å²) in [7, 11) is 0. The highest BCUT2D eigenvalue weighted by Crippen LogP contribution is 2.24. The average Bonchev–Trinajstić information content (AvgIpc) is 2.16. The van der Waals surface area contributed by atoms with Gasteiger partial charge in [0, 0.05) is 11.6 Å². The molecule has 0 amide bonds. The smallest absolute Gasteiger partial charge is 0.273 e. The van der Waals surface area contributed by atoms with Crippen LogP contribution in [0.4, 0.5) is 10.1 Å². The van der Waals surface area contributed by atoms with Gasteiger partial charge in [-0.25, -0.2) is 4.39 Å². The zero-order valence-corrected chi connectivity index (χ0v) is 8.55. The van der Waals surface area contributed by atoms with Gasteiger partial charge in [0.1, 0.15) is 5.82 Å². The number of ketones is 1. The maximum absolute atomic E-state index is 13.2. The van der Waals surface area contributed by atoms with Gasteiger partial charge in [0.15, 0.2) is 5.78 Å². The van der Waals surface area contributed by atoms with Gasteiger partial charge in [-0.15, -0.1) is 11.6 Å². The molecule has 0 fully saturated rings. The lowest BCUT2D eigenvalue weighted by atomic mass is 10.0. The predicted octanol–water partition coefficient (Wildman–Crippen LogP) is 2.46. The topological polar surface area (TPSA) is 60.2 Å². The number of nitro groups is 1. The summed E-state index contributed by atoms with van der Waals surface area (Å²) in [5.74, 6) is -1.85. The van der Waals surface area contributed by atoms with Crippen molar-refractivity contribution in [3.8, 4) is 0 Å². The van der Waals surface area contributed by atoms with Crippen molar-refractivity contribution in [2.24, 2.45) is 0 Å². The van der Waals surface area contributed by atoms with E-state index in [9.17, 15) is 19.3 Å². The molecule has 1 rings (SSSR count). The molecule has 15 heavy (non-hydrogen) atoms. The first-order valence-corrected chi connectivity index (χ1v) is 4.55. The minimum atomic E-state index is -0.788. The van der Waals surface area contributed by atoms with E-state index >= 15 is 0 Å². The van der Waals surface area contributed by atoms with Crippen LogP contribution in [0.1, 0.15) is 15.9 Å². The summed E-state index contributed by atoms with van der Waals surface area (Å²) in [6.07, 6.45) is 0. The molecule has 6 heteroatoms. The molecule has 0 N–H and O–H groups in total. The molecule has 4 nitrogen and oxygen atoms in total. The Morgan fingerprint density at radius 2 is 2.20 bits per heavy atom. The van der Waals surface area contributed by atoms with Gasteiger partial charge in [0.25, 0.3) is 5.69 Å². The van der Waals surface area contributed by atoms with Crippen LogP contribution in [-0.4, -0.2) is 16.6 Å². The molecule has 0 atom stereocenters.